The van der Waals surface area contributed by atoms with Crippen LogP contribution in [-0.2, 0) is 0 Å². The summed E-state index contributed by atoms with van der Waals surface area (Å²) in [5, 5.41) is 8.59. The van der Waals surface area contributed by atoms with Crippen LogP contribution < -0.4 is 4.74 Å². The lowest BCUT2D eigenvalue weighted by Gasteiger charge is -2.03. The molecule has 0 aliphatic heterocycles. The lowest BCUT2D eigenvalue weighted by molar-refractivity contribution is 0.0690. The van der Waals surface area contributed by atoms with E-state index in [1.165, 1.54) is 25.2 Å². The summed E-state index contributed by atoms with van der Waals surface area (Å²) >= 11 is 0. The summed E-state index contributed by atoms with van der Waals surface area (Å²) in [6.07, 6.45) is 6.19. The molecule has 1 aliphatic rings. The second-order valence-electron chi connectivity index (χ2n) is 3.63. The molecule has 5 nitrogen and oxygen atoms in total. The average molecular weight is 208 g/mol. The predicted octanol–water partition coefficient (Wildman–Crippen LogP) is 1.35. The van der Waals surface area contributed by atoms with Gasteiger partial charge >= 0.3 is 5.97 Å². The number of aromatic nitrogens is 2. The quantitative estimate of drug-likeness (QED) is 0.790. The van der Waals surface area contributed by atoms with Crippen molar-refractivity contribution in [3.63, 3.8) is 0 Å². The van der Waals surface area contributed by atoms with Gasteiger partial charge in [-0.2, -0.15) is 0 Å². The zero-order valence-corrected chi connectivity index (χ0v) is 8.22. The maximum Gasteiger partial charge on any atom is 0.356 e. The molecule has 0 spiro atoms. The summed E-state index contributed by atoms with van der Waals surface area (Å²) in [6, 6.07) is 0. The number of carbonyl (C=O) groups is 1. The van der Waals surface area contributed by atoms with E-state index in [2.05, 4.69) is 9.97 Å². The Bertz CT molecular complexity index is 346. The molecular formula is C10H12N2O3. The Morgan fingerprint density at radius 1 is 1.47 bits per heavy atom. The second-order valence-corrected chi connectivity index (χ2v) is 3.63. The third-order valence-corrected chi connectivity index (χ3v) is 2.32. The van der Waals surface area contributed by atoms with E-state index in [1.54, 1.807) is 0 Å². The fourth-order valence-electron chi connectivity index (χ4n) is 1.24. The van der Waals surface area contributed by atoms with E-state index in [1.807, 2.05) is 0 Å². The molecule has 0 bridgehead atoms. The monoisotopic (exact) mass is 208 g/mol. The molecule has 0 amide bonds. The van der Waals surface area contributed by atoms with Crippen molar-refractivity contribution in [1.29, 1.82) is 0 Å². The molecule has 1 aliphatic carbocycles. The minimum atomic E-state index is -1.08. The summed E-state index contributed by atoms with van der Waals surface area (Å²) in [7, 11) is 0. The number of ether oxygens (including phenoxy) is 1. The van der Waals surface area contributed by atoms with Crippen LogP contribution >= 0.6 is 0 Å². The van der Waals surface area contributed by atoms with Crippen molar-refractivity contribution < 1.29 is 14.6 Å². The van der Waals surface area contributed by atoms with Gasteiger partial charge in [-0.3, -0.25) is 0 Å². The summed E-state index contributed by atoms with van der Waals surface area (Å²) < 4.78 is 5.33. The van der Waals surface area contributed by atoms with Crippen molar-refractivity contribution in [2.24, 2.45) is 5.92 Å². The molecule has 0 atom stereocenters. The topological polar surface area (TPSA) is 72.3 Å². The van der Waals surface area contributed by atoms with E-state index in [9.17, 15) is 4.79 Å². The van der Waals surface area contributed by atoms with Crippen LogP contribution in [0.5, 0.6) is 5.88 Å². The van der Waals surface area contributed by atoms with E-state index in [0.717, 1.165) is 12.3 Å². The van der Waals surface area contributed by atoms with Crippen LogP contribution in [0.4, 0.5) is 0 Å². The number of hydrogen-bond donors (Lipinski definition) is 1. The smallest absolute Gasteiger partial charge is 0.356 e. The molecule has 1 aromatic heterocycles. The highest BCUT2D eigenvalue weighted by Crippen LogP contribution is 2.32. The number of rotatable bonds is 5. The van der Waals surface area contributed by atoms with Gasteiger partial charge in [-0.05, 0) is 12.3 Å². The number of aromatic carboxylic acids is 1. The molecule has 1 fully saturated rings. The van der Waals surface area contributed by atoms with Gasteiger partial charge in [-0.25, -0.2) is 14.8 Å². The van der Waals surface area contributed by atoms with Crippen LogP contribution in [0.3, 0.4) is 0 Å². The van der Waals surface area contributed by atoms with E-state index in [0.29, 0.717) is 12.5 Å². The van der Waals surface area contributed by atoms with Crippen LogP contribution in [0.1, 0.15) is 29.8 Å². The highest BCUT2D eigenvalue weighted by atomic mass is 16.5. The van der Waals surface area contributed by atoms with Crippen LogP contribution in [0.15, 0.2) is 12.4 Å². The fourth-order valence-corrected chi connectivity index (χ4v) is 1.24. The van der Waals surface area contributed by atoms with Crippen molar-refractivity contribution in [3.05, 3.63) is 18.1 Å². The third kappa shape index (κ3) is 2.90. The van der Waals surface area contributed by atoms with Gasteiger partial charge in [0, 0.05) is 0 Å². The van der Waals surface area contributed by atoms with E-state index < -0.39 is 5.97 Å². The summed E-state index contributed by atoms with van der Waals surface area (Å²) in [4.78, 5) is 18.0. The lowest BCUT2D eigenvalue weighted by atomic mass is 10.3. The maximum atomic E-state index is 10.5. The number of hydrogen-bond acceptors (Lipinski definition) is 4. The Hall–Kier alpha value is -1.65. The van der Waals surface area contributed by atoms with E-state index in [-0.39, 0.29) is 5.69 Å². The van der Waals surface area contributed by atoms with Crippen LogP contribution in [0.25, 0.3) is 0 Å². The minimum Gasteiger partial charge on any atom is -0.477 e. The van der Waals surface area contributed by atoms with E-state index >= 15 is 0 Å². The van der Waals surface area contributed by atoms with Gasteiger partial charge in [0.1, 0.15) is 0 Å². The standard InChI is InChI=1S/C10H12N2O3/c13-10(14)8-5-12-9(6-11-8)15-4-3-7-1-2-7/h5-7H,1-4H2,(H,13,14). The molecule has 15 heavy (non-hydrogen) atoms. The zero-order chi connectivity index (χ0) is 10.7. The molecule has 1 aromatic rings. The van der Waals surface area contributed by atoms with Crippen molar-refractivity contribution in [1.82, 2.24) is 9.97 Å². The molecule has 2 rings (SSSR count). The van der Waals surface area contributed by atoms with Crippen molar-refractivity contribution in [2.75, 3.05) is 6.61 Å². The highest BCUT2D eigenvalue weighted by Gasteiger charge is 2.20. The van der Waals surface area contributed by atoms with Crippen molar-refractivity contribution in [3.8, 4) is 5.88 Å². The van der Waals surface area contributed by atoms with Gasteiger partial charge in [0.2, 0.25) is 5.88 Å². The first-order valence-corrected chi connectivity index (χ1v) is 4.94. The van der Waals surface area contributed by atoms with Crippen LogP contribution in [-0.4, -0.2) is 27.7 Å². The lowest BCUT2D eigenvalue weighted by Crippen LogP contribution is -2.04. The fraction of sp³-hybridized carbons (Fsp3) is 0.500. The zero-order valence-electron chi connectivity index (χ0n) is 8.22. The number of carboxylic acids is 1. The van der Waals surface area contributed by atoms with Gasteiger partial charge in [0.05, 0.1) is 19.0 Å². The average Bonchev–Trinajstić information content (AvgIpc) is 3.02. The van der Waals surface area contributed by atoms with Crippen molar-refractivity contribution >= 4 is 5.97 Å². The first-order valence-electron chi connectivity index (χ1n) is 4.94. The molecule has 80 valence electrons. The molecule has 1 N–H and O–H groups in total. The summed E-state index contributed by atoms with van der Waals surface area (Å²) in [5.41, 5.74) is -0.0652. The molecule has 0 aromatic carbocycles. The van der Waals surface area contributed by atoms with Crippen LogP contribution in [0.2, 0.25) is 0 Å². The van der Waals surface area contributed by atoms with Gasteiger partial charge in [-0.15, -0.1) is 0 Å². The van der Waals surface area contributed by atoms with Crippen LogP contribution in [0, 0.1) is 5.92 Å². The Morgan fingerprint density at radius 3 is 2.80 bits per heavy atom. The molecule has 1 heterocycles. The van der Waals surface area contributed by atoms with Gasteiger partial charge in [0.25, 0.3) is 0 Å². The summed E-state index contributed by atoms with van der Waals surface area (Å²) in [5.74, 6) is 0.129. The minimum absolute atomic E-state index is 0.0652. The maximum absolute atomic E-state index is 10.5. The van der Waals surface area contributed by atoms with Gasteiger partial charge in [-0.1, -0.05) is 12.8 Å². The largest absolute Gasteiger partial charge is 0.477 e. The van der Waals surface area contributed by atoms with Gasteiger partial charge in [0.15, 0.2) is 5.69 Å². The Morgan fingerprint density at radius 2 is 2.27 bits per heavy atom. The first kappa shape index (κ1) is 9.89. The third-order valence-electron chi connectivity index (χ3n) is 2.32. The molecule has 0 saturated heterocycles. The Labute approximate surface area is 87.1 Å². The first-order chi connectivity index (χ1) is 7.25. The normalized spacial score (nSPS) is 14.9. The van der Waals surface area contributed by atoms with E-state index in [4.69, 9.17) is 9.84 Å². The molecular weight excluding hydrogens is 196 g/mol. The number of nitrogens with zero attached hydrogens (tertiary/aromatic N) is 2. The second kappa shape index (κ2) is 4.25. The van der Waals surface area contributed by atoms with Gasteiger partial charge < -0.3 is 9.84 Å². The van der Waals surface area contributed by atoms with Crippen molar-refractivity contribution in [2.45, 2.75) is 19.3 Å². The highest BCUT2D eigenvalue weighted by molar-refractivity contribution is 5.84. The molecule has 0 radical (unpaired) electrons. The number of carboxylic acid groups (broad SMARTS) is 1. The Balaban J connectivity index is 1.83. The Kier molecular flexibility index (Phi) is 2.80. The predicted molar refractivity (Wildman–Crippen MR) is 51.8 cm³/mol. The molecule has 0 unspecified atom stereocenters. The molecule has 5 heteroatoms. The SMILES string of the molecule is O=C(O)c1cnc(OCCC2CC2)cn1. The summed E-state index contributed by atoms with van der Waals surface area (Å²) in [6.45, 7) is 0.631. The molecule has 1 saturated carbocycles.